The average molecular weight is 232 g/mol. The predicted molar refractivity (Wildman–Crippen MR) is 63.8 cm³/mol. The fourth-order valence-corrected chi connectivity index (χ4v) is 1.95. The summed E-state index contributed by atoms with van der Waals surface area (Å²) >= 11 is 1.59. The Labute approximate surface area is 98.9 Å². The molecular weight excluding hydrogens is 220 g/mol. The summed E-state index contributed by atoms with van der Waals surface area (Å²) in [6, 6.07) is 13.8. The van der Waals surface area contributed by atoms with Gasteiger partial charge in [0, 0.05) is 11.0 Å². The summed E-state index contributed by atoms with van der Waals surface area (Å²) in [5, 5.41) is 8.92. The van der Waals surface area contributed by atoms with Crippen molar-refractivity contribution in [2.24, 2.45) is 0 Å². The monoisotopic (exact) mass is 232 g/mol. The van der Waals surface area contributed by atoms with Crippen LogP contribution in [0.3, 0.4) is 0 Å². The molecule has 0 bridgehead atoms. The van der Waals surface area contributed by atoms with Crippen molar-refractivity contribution >= 4 is 11.8 Å². The summed E-state index contributed by atoms with van der Waals surface area (Å²) in [6.45, 7) is 2.54. The van der Waals surface area contributed by atoms with Crippen molar-refractivity contribution in [1.29, 1.82) is 0 Å². The Morgan fingerprint density at radius 1 is 1.06 bits per heavy atom. The topological polar surface area (TPSA) is 35.0 Å². The highest BCUT2D eigenvalue weighted by atomic mass is 32.2. The third-order valence-corrected chi connectivity index (χ3v) is 2.81. The highest BCUT2D eigenvalue weighted by Crippen LogP contribution is 2.25. The van der Waals surface area contributed by atoms with Crippen molar-refractivity contribution < 1.29 is 4.74 Å². The molecule has 0 saturated carbocycles. The van der Waals surface area contributed by atoms with E-state index in [9.17, 15) is 0 Å². The molecule has 0 saturated heterocycles. The first-order chi connectivity index (χ1) is 7.88. The van der Waals surface area contributed by atoms with E-state index in [4.69, 9.17) is 4.74 Å². The van der Waals surface area contributed by atoms with Gasteiger partial charge in [-0.15, -0.1) is 10.2 Å². The molecule has 0 aliphatic rings. The smallest absolute Gasteiger partial charge is 0.233 e. The Balaban J connectivity index is 2.05. The number of hydrogen-bond acceptors (Lipinski definition) is 4. The lowest BCUT2D eigenvalue weighted by molar-refractivity contribution is 0.321. The Hall–Kier alpha value is -1.55. The van der Waals surface area contributed by atoms with Crippen LogP contribution >= 0.6 is 11.8 Å². The van der Waals surface area contributed by atoms with Gasteiger partial charge >= 0.3 is 0 Å². The second-order valence-electron chi connectivity index (χ2n) is 3.06. The van der Waals surface area contributed by atoms with Crippen LogP contribution in [0, 0.1) is 0 Å². The zero-order valence-electron chi connectivity index (χ0n) is 8.96. The molecule has 2 aromatic rings. The summed E-state index contributed by atoms with van der Waals surface area (Å²) in [4.78, 5) is 1.15. The largest absolute Gasteiger partial charge is 0.477 e. The van der Waals surface area contributed by atoms with E-state index in [1.807, 2.05) is 49.4 Å². The van der Waals surface area contributed by atoms with Gasteiger partial charge in [0.05, 0.1) is 6.61 Å². The first-order valence-corrected chi connectivity index (χ1v) is 5.89. The number of aromatic nitrogens is 2. The van der Waals surface area contributed by atoms with Crippen LogP contribution in [0.5, 0.6) is 5.88 Å². The average Bonchev–Trinajstić information content (AvgIpc) is 2.33. The molecule has 16 heavy (non-hydrogen) atoms. The third kappa shape index (κ3) is 2.97. The molecule has 0 spiro atoms. The molecular formula is C12H12N2OS. The third-order valence-electron chi connectivity index (χ3n) is 1.87. The van der Waals surface area contributed by atoms with Gasteiger partial charge in [-0.1, -0.05) is 30.0 Å². The summed E-state index contributed by atoms with van der Waals surface area (Å²) in [7, 11) is 0. The van der Waals surface area contributed by atoms with Gasteiger partial charge in [-0.3, -0.25) is 0 Å². The van der Waals surface area contributed by atoms with Crippen molar-refractivity contribution in [3.63, 3.8) is 0 Å². The molecule has 82 valence electrons. The second kappa shape index (κ2) is 5.51. The first-order valence-electron chi connectivity index (χ1n) is 5.08. The van der Waals surface area contributed by atoms with Crippen LogP contribution in [0.25, 0.3) is 0 Å². The van der Waals surface area contributed by atoms with Gasteiger partial charge in [0.2, 0.25) is 5.88 Å². The van der Waals surface area contributed by atoms with Gasteiger partial charge in [0.1, 0.15) is 5.03 Å². The maximum atomic E-state index is 5.23. The van der Waals surface area contributed by atoms with Crippen molar-refractivity contribution in [1.82, 2.24) is 10.2 Å². The SMILES string of the molecule is CCOc1ccc(Sc2ccccc2)nn1. The fraction of sp³-hybridized carbons (Fsp3) is 0.167. The lowest BCUT2D eigenvalue weighted by atomic mass is 10.4. The Bertz CT molecular complexity index is 431. The van der Waals surface area contributed by atoms with Crippen LogP contribution < -0.4 is 4.74 Å². The van der Waals surface area contributed by atoms with E-state index in [2.05, 4.69) is 10.2 Å². The van der Waals surface area contributed by atoms with Gasteiger partial charge in [0.15, 0.2) is 0 Å². The van der Waals surface area contributed by atoms with Crippen LogP contribution in [0.1, 0.15) is 6.92 Å². The predicted octanol–water partition coefficient (Wildman–Crippen LogP) is 3.03. The van der Waals surface area contributed by atoms with Gasteiger partial charge in [0.25, 0.3) is 0 Å². The number of benzene rings is 1. The minimum absolute atomic E-state index is 0.569. The van der Waals surface area contributed by atoms with E-state index in [0.29, 0.717) is 12.5 Å². The van der Waals surface area contributed by atoms with Crippen molar-refractivity contribution in [3.05, 3.63) is 42.5 Å². The molecule has 0 aliphatic carbocycles. The molecule has 1 aromatic carbocycles. The molecule has 0 fully saturated rings. The van der Waals surface area contributed by atoms with Crippen LogP contribution in [-0.4, -0.2) is 16.8 Å². The van der Waals surface area contributed by atoms with Crippen LogP contribution in [0.15, 0.2) is 52.4 Å². The maximum absolute atomic E-state index is 5.23. The lowest BCUT2D eigenvalue weighted by Gasteiger charge is -2.02. The summed E-state index contributed by atoms with van der Waals surface area (Å²) in [6.07, 6.45) is 0. The zero-order chi connectivity index (χ0) is 11.2. The maximum Gasteiger partial charge on any atom is 0.233 e. The standard InChI is InChI=1S/C12H12N2OS/c1-2-15-11-8-9-12(14-13-11)16-10-6-4-3-5-7-10/h3-9H,2H2,1H3. The second-order valence-corrected chi connectivity index (χ2v) is 4.15. The Morgan fingerprint density at radius 3 is 2.50 bits per heavy atom. The Morgan fingerprint density at radius 2 is 1.88 bits per heavy atom. The van der Waals surface area contributed by atoms with E-state index in [-0.39, 0.29) is 0 Å². The molecule has 0 aliphatic heterocycles. The molecule has 1 heterocycles. The molecule has 4 heteroatoms. The molecule has 0 atom stereocenters. The molecule has 0 unspecified atom stereocenters. The number of rotatable bonds is 4. The van der Waals surface area contributed by atoms with Crippen LogP contribution in [-0.2, 0) is 0 Å². The van der Waals surface area contributed by atoms with Crippen LogP contribution in [0.4, 0.5) is 0 Å². The highest BCUT2D eigenvalue weighted by Gasteiger charge is 2.00. The molecule has 3 nitrogen and oxygen atoms in total. The van der Waals surface area contributed by atoms with Gasteiger partial charge in [-0.25, -0.2) is 0 Å². The van der Waals surface area contributed by atoms with E-state index in [1.165, 1.54) is 0 Å². The summed E-state index contributed by atoms with van der Waals surface area (Å²) in [5.74, 6) is 0.569. The molecule has 0 radical (unpaired) electrons. The Kier molecular flexibility index (Phi) is 3.77. The zero-order valence-corrected chi connectivity index (χ0v) is 9.78. The molecule has 0 N–H and O–H groups in total. The van der Waals surface area contributed by atoms with Gasteiger partial charge in [-0.05, 0) is 25.1 Å². The fourth-order valence-electron chi connectivity index (χ4n) is 1.20. The number of ether oxygens (including phenoxy) is 1. The molecule has 1 aromatic heterocycles. The lowest BCUT2D eigenvalue weighted by Crippen LogP contribution is -1.95. The van der Waals surface area contributed by atoms with Crippen molar-refractivity contribution in [2.45, 2.75) is 16.8 Å². The number of hydrogen-bond donors (Lipinski definition) is 0. The first kappa shape index (κ1) is 11.0. The quantitative estimate of drug-likeness (QED) is 0.811. The highest BCUT2D eigenvalue weighted by molar-refractivity contribution is 7.99. The normalized spacial score (nSPS) is 10.1. The van der Waals surface area contributed by atoms with Crippen LogP contribution in [0.2, 0.25) is 0 Å². The van der Waals surface area contributed by atoms with Crippen molar-refractivity contribution in [2.75, 3.05) is 6.61 Å². The molecule has 2 rings (SSSR count). The summed E-state index contributed by atoms with van der Waals surface area (Å²) < 4.78 is 5.23. The van der Waals surface area contributed by atoms with E-state index in [0.717, 1.165) is 9.92 Å². The van der Waals surface area contributed by atoms with Gasteiger partial charge < -0.3 is 4.74 Å². The van der Waals surface area contributed by atoms with Gasteiger partial charge in [-0.2, -0.15) is 0 Å². The summed E-state index contributed by atoms with van der Waals surface area (Å²) in [5.41, 5.74) is 0. The number of nitrogens with zero attached hydrogens (tertiary/aromatic N) is 2. The molecule has 0 amide bonds. The van der Waals surface area contributed by atoms with E-state index in [1.54, 1.807) is 11.8 Å². The van der Waals surface area contributed by atoms with Crippen molar-refractivity contribution in [3.8, 4) is 5.88 Å². The minimum atomic E-state index is 0.569. The minimum Gasteiger partial charge on any atom is -0.477 e. The van der Waals surface area contributed by atoms with E-state index < -0.39 is 0 Å². The van der Waals surface area contributed by atoms with E-state index >= 15 is 0 Å².